The highest BCUT2D eigenvalue weighted by atomic mass is 32.1. The first-order valence-corrected chi connectivity index (χ1v) is 6.66. The average molecular weight is 224 g/mol. The van der Waals surface area contributed by atoms with E-state index in [1.807, 2.05) is 11.7 Å². The van der Waals surface area contributed by atoms with E-state index in [2.05, 4.69) is 24.1 Å². The predicted octanol–water partition coefficient (Wildman–Crippen LogP) is 3.06. The van der Waals surface area contributed by atoms with Crippen molar-refractivity contribution in [2.45, 2.75) is 39.7 Å². The van der Waals surface area contributed by atoms with Gasteiger partial charge in [0.1, 0.15) is 0 Å². The molecule has 0 amide bonds. The maximum absolute atomic E-state index is 4.08. The summed E-state index contributed by atoms with van der Waals surface area (Å²) < 4.78 is 0. The van der Waals surface area contributed by atoms with Crippen molar-refractivity contribution in [3.05, 3.63) is 16.6 Å². The van der Waals surface area contributed by atoms with Gasteiger partial charge in [-0.25, -0.2) is 0 Å². The zero-order valence-corrected chi connectivity index (χ0v) is 10.4. The maximum Gasteiger partial charge on any atom is 0.0794 e. The Morgan fingerprint density at radius 1 is 1.53 bits per heavy atom. The minimum atomic E-state index is 0.638. The maximum atomic E-state index is 4.08. The van der Waals surface area contributed by atoms with E-state index in [0.29, 0.717) is 5.41 Å². The minimum Gasteiger partial charge on any atom is -0.311 e. The second kappa shape index (κ2) is 4.62. The minimum absolute atomic E-state index is 0.638. The fraction of sp³-hybridized carbons (Fsp3) is 0.750. The Labute approximate surface area is 96.1 Å². The predicted molar refractivity (Wildman–Crippen MR) is 64.9 cm³/mol. The van der Waals surface area contributed by atoms with E-state index < -0.39 is 0 Å². The molecule has 0 aliphatic heterocycles. The lowest BCUT2D eigenvalue weighted by Crippen LogP contribution is -2.24. The molecule has 0 atom stereocenters. The van der Waals surface area contributed by atoms with Crippen LogP contribution >= 0.6 is 11.3 Å². The number of aromatic nitrogens is 1. The van der Waals surface area contributed by atoms with Crippen LogP contribution in [0.2, 0.25) is 0 Å². The first-order valence-electron chi connectivity index (χ1n) is 5.78. The van der Waals surface area contributed by atoms with Crippen molar-refractivity contribution in [3.8, 4) is 0 Å². The zero-order valence-electron chi connectivity index (χ0n) is 9.62. The van der Waals surface area contributed by atoms with Crippen LogP contribution in [-0.2, 0) is 6.54 Å². The summed E-state index contributed by atoms with van der Waals surface area (Å²) in [5, 5.41) is 3.57. The van der Waals surface area contributed by atoms with E-state index >= 15 is 0 Å². The molecule has 1 aliphatic carbocycles. The summed E-state index contributed by atoms with van der Waals surface area (Å²) in [7, 11) is 0. The third kappa shape index (κ3) is 3.28. The van der Waals surface area contributed by atoms with E-state index in [-0.39, 0.29) is 0 Å². The molecule has 1 N–H and O–H groups in total. The van der Waals surface area contributed by atoms with Crippen LogP contribution in [0.3, 0.4) is 0 Å². The normalized spacial score (nSPS) is 18.3. The van der Waals surface area contributed by atoms with Crippen LogP contribution in [0.5, 0.6) is 0 Å². The SMILES string of the molecule is CC(C)CC1(CNCc2cncs2)CC1. The molecule has 1 saturated carbocycles. The van der Waals surface area contributed by atoms with Gasteiger partial charge in [0.15, 0.2) is 0 Å². The van der Waals surface area contributed by atoms with Gasteiger partial charge in [0.2, 0.25) is 0 Å². The molecule has 0 radical (unpaired) electrons. The van der Waals surface area contributed by atoms with Crippen molar-refractivity contribution >= 4 is 11.3 Å². The fourth-order valence-electron chi connectivity index (χ4n) is 2.28. The number of rotatable bonds is 6. The number of hydrogen-bond acceptors (Lipinski definition) is 3. The quantitative estimate of drug-likeness (QED) is 0.803. The molecule has 1 aliphatic rings. The Morgan fingerprint density at radius 3 is 2.87 bits per heavy atom. The van der Waals surface area contributed by atoms with Gasteiger partial charge in [-0.15, -0.1) is 11.3 Å². The van der Waals surface area contributed by atoms with Gasteiger partial charge >= 0.3 is 0 Å². The summed E-state index contributed by atoms with van der Waals surface area (Å²) in [4.78, 5) is 5.42. The van der Waals surface area contributed by atoms with Gasteiger partial charge in [0, 0.05) is 24.2 Å². The third-order valence-corrected chi connectivity index (χ3v) is 3.86. The summed E-state index contributed by atoms with van der Waals surface area (Å²) in [6.45, 7) is 6.82. The summed E-state index contributed by atoms with van der Waals surface area (Å²) in [6.07, 6.45) is 6.17. The molecule has 15 heavy (non-hydrogen) atoms. The number of nitrogens with one attached hydrogen (secondary N) is 1. The number of hydrogen-bond donors (Lipinski definition) is 1. The number of nitrogens with zero attached hydrogens (tertiary/aromatic N) is 1. The molecule has 1 aromatic heterocycles. The van der Waals surface area contributed by atoms with E-state index in [1.54, 1.807) is 11.3 Å². The van der Waals surface area contributed by atoms with Crippen LogP contribution < -0.4 is 5.32 Å². The average Bonchev–Trinajstić information content (AvgIpc) is 2.74. The Morgan fingerprint density at radius 2 is 2.33 bits per heavy atom. The van der Waals surface area contributed by atoms with Gasteiger partial charge < -0.3 is 5.32 Å². The molecule has 1 aromatic rings. The van der Waals surface area contributed by atoms with E-state index in [0.717, 1.165) is 12.5 Å². The van der Waals surface area contributed by atoms with Gasteiger partial charge in [-0.2, -0.15) is 0 Å². The first-order chi connectivity index (χ1) is 7.20. The van der Waals surface area contributed by atoms with E-state index in [4.69, 9.17) is 0 Å². The van der Waals surface area contributed by atoms with Crippen LogP contribution in [0, 0.1) is 11.3 Å². The highest BCUT2D eigenvalue weighted by Crippen LogP contribution is 2.50. The van der Waals surface area contributed by atoms with Crippen LogP contribution in [0.25, 0.3) is 0 Å². The van der Waals surface area contributed by atoms with Crippen molar-refractivity contribution < 1.29 is 0 Å². The fourth-order valence-corrected chi connectivity index (χ4v) is 2.84. The van der Waals surface area contributed by atoms with Crippen LogP contribution in [0.4, 0.5) is 0 Å². The molecule has 84 valence electrons. The largest absolute Gasteiger partial charge is 0.311 e. The molecule has 0 unspecified atom stereocenters. The summed E-state index contributed by atoms with van der Waals surface area (Å²) in [5.74, 6) is 0.831. The summed E-state index contributed by atoms with van der Waals surface area (Å²) in [5.41, 5.74) is 2.54. The van der Waals surface area contributed by atoms with E-state index in [9.17, 15) is 0 Å². The van der Waals surface area contributed by atoms with Gasteiger partial charge in [-0.1, -0.05) is 13.8 Å². The van der Waals surface area contributed by atoms with Crippen molar-refractivity contribution in [1.82, 2.24) is 10.3 Å². The molecule has 0 bridgehead atoms. The standard InChI is InChI=1S/C12H20N2S/c1-10(2)5-12(3-4-12)8-13-6-11-7-14-9-15-11/h7,9-10,13H,3-6,8H2,1-2H3. The molecular formula is C12H20N2S. The van der Waals surface area contributed by atoms with E-state index in [1.165, 1.54) is 30.7 Å². The third-order valence-electron chi connectivity index (χ3n) is 3.08. The van der Waals surface area contributed by atoms with Gasteiger partial charge in [-0.3, -0.25) is 4.98 Å². The second-order valence-corrected chi connectivity index (χ2v) is 6.14. The van der Waals surface area contributed by atoms with Crippen LogP contribution in [0.1, 0.15) is 38.0 Å². The summed E-state index contributed by atoms with van der Waals surface area (Å²) in [6, 6.07) is 0. The Hall–Kier alpha value is -0.410. The molecule has 2 rings (SSSR count). The summed E-state index contributed by atoms with van der Waals surface area (Å²) >= 11 is 1.73. The van der Waals surface area contributed by atoms with Gasteiger partial charge in [0.05, 0.1) is 5.51 Å². The molecular weight excluding hydrogens is 204 g/mol. The topological polar surface area (TPSA) is 24.9 Å². The van der Waals surface area contributed by atoms with Crippen molar-refractivity contribution in [2.24, 2.45) is 11.3 Å². The second-order valence-electron chi connectivity index (χ2n) is 5.17. The zero-order chi connectivity index (χ0) is 10.7. The Kier molecular flexibility index (Phi) is 3.42. The lowest BCUT2D eigenvalue weighted by Gasteiger charge is -2.17. The molecule has 1 heterocycles. The monoisotopic (exact) mass is 224 g/mol. The molecule has 1 fully saturated rings. The Balaban J connectivity index is 1.70. The highest BCUT2D eigenvalue weighted by molar-refractivity contribution is 7.09. The lowest BCUT2D eigenvalue weighted by atomic mass is 9.94. The van der Waals surface area contributed by atoms with Crippen molar-refractivity contribution in [1.29, 1.82) is 0 Å². The van der Waals surface area contributed by atoms with Gasteiger partial charge in [0.25, 0.3) is 0 Å². The highest BCUT2D eigenvalue weighted by Gasteiger charge is 2.41. The molecule has 0 aromatic carbocycles. The number of thiazole rings is 1. The van der Waals surface area contributed by atoms with Crippen LogP contribution in [-0.4, -0.2) is 11.5 Å². The van der Waals surface area contributed by atoms with Crippen LogP contribution in [0.15, 0.2) is 11.7 Å². The first kappa shape index (κ1) is 11.1. The smallest absolute Gasteiger partial charge is 0.0794 e. The molecule has 0 saturated heterocycles. The lowest BCUT2D eigenvalue weighted by molar-refractivity contribution is 0.367. The molecule has 0 spiro atoms. The van der Waals surface area contributed by atoms with Crippen molar-refractivity contribution in [3.63, 3.8) is 0 Å². The Bertz CT molecular complexity index is 289. The van der Waals surface area contributed by atoms with Crippen molar-refractivity contribution in [2.75, 3.05) is 6.54 Å². The molecule has 2 nitrogen and oxygen atoms in total. The van der Waals surface area contributed by atoms with Gasteiger partial charge in [-0.05, 0) is 30.6 Å². The molecule has 3 heteroatoms.